The van der Waals surface area contributed by atoms with Gasteiger partial charge in [0.25, 0.3) is 5.91 Å². The van der Waals surface area contributed by atoms with Gasteiger partial charge in [-0.1, -0.05) is 79.6 Å². The van der Waals surface area contributed by atoms with Gasteiger partial charge in [-0.05, 0) is 53.9 Å². The maximum atomic E-state index is 13.4. The average molecular weight is 412 g/mol. The van der Waals surface area contributed by atoms with Crippen molar-refractivity contribution in [2.75, 3.05) is 19.6 Å². The van der Waals surface area contributed by atoms with Crippen LogP contribution in [0.4, 0.5) is 0 Å². The molecule has 31 heavy (non-hydrogen) atoms. The number of nitrogens with zero attached hydrogens (tertiary/aromatic N) is 3. The summed E-state index contributed by atoms with van der Waals surface area (Å²) in [7, 11) is 0. The summed E-state index contributed by atoms with van der Waals surface area (Å²) in [6, 6.07) is 25.1. The maximum Gasteiger partial charge on any atom is 0.257 e. The topological polar surface area (TPSA) is 35.9 Å². The molecule has 2 heterocycles. The molecular formula is C27H29N3O. The van der Waals surface area contributed by atoms with Crippen molar-refractivity contribution >= 4 is 22.4 Å². The van der Waals surface area contributed by atoms with Crippen molar-refractivity contribution in [3.8, 4) is 0 Å². The Labute approximate surface area is 184 Å². The molecule has 3 aromatic carbocycles. The lowest BCUT2D eigenvalue weighted by atomic mass is 9.97. The lowest BCUT2D eigenvalue weighted by molar-refractivity contribution is -0.134. The lowest BCUT2D eigenvalue weighted by Gasteiger charge is -2.26. The van der Waals surface area contributed by atoms with E-state index in [4.69, 9.17) is 5.10 Å². The number of benzene rings is 3. The van der Waals surface area contributed by atoms with Gasteiger partial charge in [-0.25, -0.2) is 5.01 Å². The largest absolute Gasteiger partial charge is 0.294 e. The molecule has 0 aromatic heterocycles. The molecule has 0 N–H and O–H groups in total. The Morgan fingerprint density at radius 3 is 2.32 bits per heavy atom. The van der Waals surface area contributed by atoms with Gasteiger partial charge in [-0.2, -0.15) is 5.10 Å². The van der Waals surface area contributed by atoms with Crippen LogP contribution in [0.15, 0.2) is 77.9 Å². The molecule has 5 rings (SSSR count). The zero-order valence-electron chi connectivity index (χ0n) is 17.9. The first kappa shape index (κ1) is 20.0. The summed E-state index contributed by atoms with van der Waals surface area (Å²) in [5.41, 5.74) is 3.24. The van der Waals surface area contributed by atoms with Gasteiger partial charge >= 0.3 is 0 Å². The van der Waals surface area contributed by atoms with E-state index in [1.54, 1.807) is 5.01 Å². The van der Waals surface area contributed by atoms with E-state index in [1.165, 1.54) is 36.5 Å². The van der Waals surface area contributed by atoms with Crippen molar-refractivity contribution in [1.82, 2.24) is 9.91 Å². The number of carbonyl (C=O) groups excluding carboxylic acids is 1. The normalized spacial score (nSPS) is 19.9. The fourth-order valence-corrected chi connectivity index (χ4v) is 4.78. The van der Waals surface area contributed by atoms with Crippen LogP contribution in [-0.2, 0) is 4.79 Å². The predicted octanol–water partition coefficient (Wildman–Crippen LogP) is 5.39. The highest BCUT2D eigenvalue weighted by Crippen LogP contribution is 2.33. The number of fused-ring (bicyclic) bond motifs is 1. The number of rotatable bonds is 4. The van der Waals surface area contributed by atoms with Gasteiger partial charge in [0.1, 0.15) is 0 Å². The van der Waals surface area contributed by atoms with E-state index in [-0.39, 0.29) is 11.9 Å². The SMILES string of the molecule is O=C(CN1CCCCCC1)N1N=C(c2ccc3ccccc3c2)C[C@@H]1c1ccccc1. The van der Waals surface area contributed by atoms with Crippen LogP contribution in [0.25, 0.3) is 10.8 Å². The molecule has 3 aromatic rings. The van der Waals surface area contributed by atoms with Crippen LogP contribution >= 0.6 is 0 Å². The molecule has 0 bridgehead atoms. The van der Waals surface area contributed by atoms with Crippen LogP contribution in [0.5, 0.6) is 0 Å². The number of hydrazone groups is 1. The average Bonchev–Trinajstić information content (AvgIpc) is 3.11. The molecule has 0 radical (unpaired) electrons. The van der Waals surface area contributed by atoms with Crippen LogP contribution < -0.4 is 0 Å². The fraction of sp³-hybridized carbons (Fsp3) is 0.333. The predicted molar refractivity (Wildman–Crippen MR) is 126 cm³/mol. The first-order chi connectivity index (χ1) is 15.3. The van der Waals surface area contributed by atoms with Gasteiger partial charge in [-0.15, -0.1) is 0 Å². The van der Waals surface area contributed by atoms with Gasteiger partial charge in [-0.3, -0.25) is 9.69 Å². The van der Waals surface area contributed by atoms with Gasteiger partial charge in [0.2, 0.25) is 0 Å². The Bertz CT molecular complexity index is 1080. The smallest absolute Gasteiger partial charge is 0.257 e. The molecule has 1 amide bonds. The summed E-state index contributed by atoms with van der Waals surface area (Å²) in [6.07, 6.45) is 5.65. The van der Waals surface area contributed by atoms with E-state index < -0.39 is 0 Å². The summed E-state index contributed by atoms with van der Waals surface area (Å²) in [5, 5.41) is 9.06. The second-order valence-electron chi connectivity index (χ2n) is 8.67. The number of hydrogen-bond donors (Lipinski definition) is 0. The van der Waals surface area contributed by atoms with Gasteiger partial charge in [0.05, 0.1) is 18.3 Å². The molecule has 0 saturated carbocycles. The minimum absolute atomic E-state index is 0.0397. The molecule has 1 saturated heterocycles. The second kappa shape index (κ2) is 9.03. The van der Waals surface area contributed by atoms with Crippen LogP contribution in [-0.4, -0.2) is 41.2 Å². The Morgan fingerprint density at radius 1 is 0.839 bits per heavy atom. The van der Waals surface area contributed by atoms with Gasteiger partial charge in [0, 0.05) is 6.42 Å². The first-order valence-electron chi connectivity index (χ1n) is 11.4. The van der Waals surface area contributed by atoms with E-state index >= 15 is 0 Å². The van der Waals surface area contributed by atoms with Crippen molar-refractivity contribution in [3.63, 3.8) is 0 Å². The molecule has 2 aliphatic heterocycles. The summed E-state index contributed by atoms with van der Waals surface area (Å²) in [5.74, 6) is 0.103. The molecule has 0 spiro atoms. The number of likely N-dealkylation sites (tertiary alicyclic amines) is 1. The second-order valence-corrected chi connectivity index (χ2v) is 8.67. The van der Waals surface area contributed by atoms with Crippen molar-refractivity contribution in [2.24, 2.45) is 5.10 Å². The van der Waals surface area contributed by atoms with Crippen LogP contribution in [0.3, 0.4) is 0 Å². The Kier molecular flexibility index (Phi) is 5.81. The summed E-state index contributed by atoms with van der Waals surface area (Å²) in [6.45, 7) is 2.48. The molecule has 1 atom stereocenters. The van der Waals surface area contributed by atoms with Crippen molar-refractivity contribution < 1.29 is 4.79 Å². The van der Waals surface area contributed by atoms with E-state index in [0.717, 1.165) is 36.3 Å². The molecule has 4 nitrogen and oxygen atoms in total. The molecule has 0 unspecified atom stereocenters. The number of hydrogen-bond acceptors (Lipinski definition) is 3. The molecule has 158 valence electrons. The molecule has 2 aliphatic rings. The minimum atomic E-state index is -0.0397. The van der Waals surface area contributed by atoms with Crippen molar-refractivity contribution in [3.05, 3.63) is 83.9 Å². The van der Waals surface area contributed by atoms with E-state index in [2.05, 4.69) is 59.5 Å². The van der Waals surface area contributed by atoms with E-state index in [0.29, 0.717) is 6.54 Å². The molecule has 0 aliphatic carbocycles. The van der Waals surface area contributed by atoms with Crippen LogP contribution in [0.2, 0.25) is 0 Å². The number of carbonyl (C=O) groups is 1. The van der Waals surface area contributed by atoms with E-state index in [9.17, 15) is 4.79 Å². The Morgan fingerprint density at radius 2 is 1.55 bits per heavy atom. The number of amides is 1. The van der Waals surface area contributed by atoms with Gasteiger partial charge < -0.3 is 0 Å². The summed E-state index contributed by atoms with van der Waals surface area (Å²) in [4.78, 5) is 15.7. The first-order valence-corrected chi connectivity index (χ1v) is 11.4. The highest BCUT2D eigenvalue weighted by atomic mass is 16.2. The van der Waals surface area contributed by atoms with Crippen LogP contribution in [0, 0.1) is 0 Å². The quantitative estimate of drug-likeness (QED) is 0.577. The zero-order chi connectivity index (χ0) is 21.0. The van der Waals surface area contributed by atoms with E-state index in [1.807, 2.05) is 18.2 Å². The molecule has 1 fully saturated rings. The summed E-state index contributed by atoms with van der Waals surface area (Å²) < 4.78 is 0. The van der Waals surface area contributed by atoms with Crippen molar-refractivity contribution in [2.45, 2.75) is 38.1 Å². The van der Waals surface area contributed by atoms with Crippen LogP contribution in [0.1, 0.15) is 49.3 Å². The Hall–Kier alpha value is -2.98. The molecular weight excluding hydrogens is 382 g/mol. The monoisotopic (exact) mass is 411 g/mol. The standard InChI is InChI=1S/C27H29N3O/c31-27(20-29-16-8-1-2-9-17-29)30-26(22-11-4-3-5-12-22)19-25(28-30)24-15-14-21-10-6-7-13-23(21)18-24/h3-7,10-15,18,26H,1-2,8-9,16-17,19-20H2/t26-/m1/s1. The third kappa shape index (κ3) is 4.40. The maximum absolute atomic E-state index is 13.4. The van der Waals surface area contributed by atoms with Crippen molar-refractivity contribution in [1.29, 1.82) is 0 Å². The molecule has 4 heteroatoms. The highest BCUT2D eigenvalue weighted by molar-refractivity contribution is 6.05. The Balaban J connectivity index is 1.44. The fourth-order valence-electron chi connectivity index (χ4n) is 4.78. The van der Waals surface area contributed by atoms with Gasteiger partial charge in [0.15, 0.2) is 0 Å². The third-order valence-electron chi connectivity index (χ3n) is 6.49. The zero-order valence-corrected chi connectivity index (χ0v) is 17.9. The third-order valence-corrected chi connectivity index (χ3v) is 6.49. The highest BCUT2D eigenvalue weighted by Gasteiger charge is 2.33. The summed E-state index contributed by atoms with van der Waals surface area (Å²) >= 11 is 0. The minimum Gasteiger partial charge on any atom is -0.294 e. The lowest BCUT2D eigenvalue weighted by Crippen LogP contribution is -2.38.